The van der Waals surface area contributed by atoms with Crippen molar-refractivity contribution in [2.75, 3.05) is 24.5 Å². The fourth-order valence-corrected chi connectivity index (χ4v) is 2.94. The molecule has 0 radical (unpaired) electrons. The summed E-state index contributed by atoms with van der Waals surface area (Å²) in [5, 5.41) is 13.6. The number of nitrogens with one attached hydrogen (secondary N) is 1. The third-order valence-electron chi connectivity index (χ3n) is 4.17. The van der Waals surface area contributed by atoms with E-state index in [4.69, 9.17) is 0 Å². The molecule has 1 aromatic carbocycles. The molecule has 3 rings (SSSR count). The van der Waals surface area contributed by atoms with Gasteiger partial charge in [0.15, 0.2) is 0 Å². The number of hydrogen-bond donors (Lipinski definition) is 1. The molecule has 25 heavy (non-hydrogen) atoms. The summed E-state index contributed by atoms with van der Waals surface area (Å²) >= 11 is 0. The molecule has 0 saturated carbocycles. The van der Waals surface area contributed by atoms with E-state index in [1.54, 1.807) is 0 Å². The Labute approximate surface area is 143 Å². The van der Waals surface area contributed by atoms with Crippen LogP contribution in [0.4, 0.5) is 11.4 Å². The smallest absolute Gasteiger partial charge is 0.332 e. The summed E-state index contributed by atoms with van der Waals surface area (Å²) in [5.74, 6) is -0.259. The summed E-state index contributed by atoms with van der Waals surface area (Å²) in [6.07, 6.45) is 3.45. The number of pyridine rings is 1. The van der Waals surface area contributed by atoms with E-state index in [9.17, 15) is 19.7 Å². The molecule has 1 amide bonds. The van der Waals surface area contributed by atoms with Gasteiger partial charge in [-0.05, 0) is 18.1 Å². The van der Waals surface area contributed by atoms with Crippen molar-refractivity contribution >= 4 is 17.3 Å². The van der Waals surface area contributed by atoms with Crippen molar-refractivity contribution in [2.45, 2.75) is 13.0 Å². The van der Waals surface area contributed by atoms with Crippen molar-refractivity contribution in [1.29, 1.82) is 0 Å². The number of fused-ring (bicyclic) bond motifs is 1. The van der Waals surface area contributed by atoms with E-state index >= 15 is 0 Å². The fourth-order valence-electron chi connectivity index (χ4n) is 2.94. The van der Waals surface area contributed by atoms with Crippen molar-refractivity contribution < 1.29 is 9.72 Å². The van der Waals surface area contributed by atoms with Crippen LogP contribution in [0.1, 0.15) is 5.56 Å². The number of benzene rings is 1. The lowest BCUT2D eigenvalue weighted by Crippen LogP contribution is -2.35. The first-order valence-electron chi connectivity index (χ1n) is 7.98. The van der Waals surface area contributed by atoms with E-state index in [2.05, 4.69) is 22.3 Å². The van der Waals surface area contributed by atoms with Crippen LogP contribution in [-0.4, -0.2) is 35.0 Å². The highest BCUT2D eigenvalue weighted by Crippen LogP contribution is 2.26. The molecule has 1 N–H and O–H groups in total. The quantitative estimate of drug-likeness (QED) is 0.622. The molecular weight excluding hydrogens is 324 g/mol. The van der Waals surface area contributed by atoms with Gasteiger partial charge in [0.25, 0.3) is 5.43 Å². The Morgan fingerprint density at radius 2 is 2.08 bits per heavy atom. The van der Waals surface area contributed by atoms with Crippen LogP contribution in [0.5, 0.6) is 0 Å². The van der Waals surface area contributed by atoms with Crippen molar-refractivity contribution in [3.63, 3.8) is 0 Å². The zero-order valence-electron chi connectivity index (χ0n) is 13.6. The highest BCUT2D eigenvalue weighted by atomic mass is 16.6. The van der Waals surface area contributed by atoms with Gasteiger partial charge in [-0.15, -0.1) is 0 Å². The number of rotatable bonds is 6. The molecule has 0 atom stereocenters. The topological polar surface area (TPSA) is 97.5 Å². The molecular formula is C17H18N4O4. The summed E-state index contributed by atoms with van der Waals surface area (Å²) in [7, 11) is 0. The number of anilines is 1. The minimum Gasteiger partial charge on any atom is -0.369 e. The maximum atomic E-state index is 12.0. The van der Waals surface area contributed by atoms with Crippen molar-refractivity contribution in [3.8, 4) is 0 Å². The first-order chi connectivity index (χ1) is 12.0. The second-order valence-corrected chi connectivity index (χ2v) is 5.84. The number of para-hydroxylation sites is 1. The summed E-state index contributed by atoms with van der Waals surface area (Å²) in [6.45, 7) is 2.04. The Hall–Kier alpha value is -3.16. The van der Waals surface area contributed by atoms with Crippen LogP contribution in [0, 0.1) is 10.1 Å². The molecule has 8 heteroatoms. The standard InChI is InChI=1S/C17H18N4O4/c22-16-6-8-19(11-15(16)21(24)25)12-17(23)18-7-10-20-9-5-13-3-1-2-4-14(13)20/h1-4,6,8,11H,5,7,9-10,12H2,(H,18,23). The predicted octanol–water partition coefficient (Wildman–Crippen LogP) is 0.935. The number of nitro groups is 1. The Balaban J connectivity index is 1.52. The van der Waals surface area contributed by atoms with Crippen LogP contribution < -0.4 is 15.6 Å². The Morgan fingerprint density at radius 3 is 2.88 bits per heavy atom. The van der Waals surface area contributed by atoms with Gasteiger partial charge in [-0.3, -0.25) is 19.7 Å². The first-order valence-corrected chi connectivity index (χ1v) is 7.98. The molecule has 0 unspecified atom stereocenters. The van der Waals surface area contributed by atoms with Gasteiger partial charge in [0.1, 0.15) is 6.54 Å². The zero-order valence-corrected chi connectivity index (χ0v) is 13.6. The van der Waals surface area contributed by atoms with Crippen molar-refractivity contribution in [2.24, 2.45) is 0 Å². The van der Waals surface area contributed by atoms with E-state index in [0.717, 1.165) is 25.2 Å². The molecule has 8 nitrogen and oxygen atoms in total. The van der Waals surface area contributed by atoms with Gasteiger partial charge in [-0.25, -0.2) is 0 Å². The van der Waals surface area contributed by atoms with E-state index in [-0.39, 0.29) is 12.5 Å². The van der Waals surface area contributed by atoms with Crippen LogP contribution in [0.3, 0.4) is 0 Å². The number of aromatic nitrogens is 1. The van der Waals surface area contributed by atoms with Gasteiger partial charge in [-0.1, -0.05) is 18.2 Å². The van der Waals surface area contributed by atoms with Crippen LogP contribution in [-0.2, 0) is 17.8 Å². The second kappa shape index (κ2) is 7.16. The number of hydrogen-bond acceptors (Lipinski definition) is 5. The molecule has 0 bridgehead atoms. The van der Waals surface area contributed by atoms with E-state index < -0.39 is 16.0 Å². The predicted molar refractivity (Wildman–Crippen MR) is 92.7 cm³/mol. The van der Waals surface area contributed by atoms with Crippen molar-refractivity contribution in [3.05, 3.63) is 68.6 Å². The Kier molecular flexibility index (Phi) is 4.78. The Morgan fingerprint density at radius 1 is 1.28 bits per heavy atom. The SMILES string of the molecule is O=C(Cn1ccc(=O)c([N+](=O)[O-])c1)NCCN1CCc2ccccc21. The summed E-state index contributed by atoms with van der Waals surface area (Å²) in [5.41, 5.74) is 1.31. The molecule has 1 aliphatic rings. The minimum absolute atomic E-state index is 0.0717. The summed E-state index contributed by atoms with van der Waals surface area (Å²) < 4.78 is 1.33. The minimum atomic E-state index is -0.748. The maximum Gasteiger partial charge on any atom is 0.332 e. The monoisotopic (exact) mass is 342 g/mol. The van der Waals surface area contributed by atoms with Crippen LogP contribution >= 0.6 is 0 Å². The highest BCUT2D eigenvalue weighted by molar-refractivity contribution is 5.75. The molecule has 2 heterocycles. The third-order valence-corrected chi connectivity index (χ3v) is 4.17. The van der Waals surface area contributed by atoms with E-state index in [0.29, 0.717) is 13.1 Å². The second-order valence-electron chi connectivity index (χ2n) is 5.84. The van der Waals surface area contributed by atoms with Gasteiger partial charge < -0.3 is 14.8 Å². The molecule has 2 aromatic rings. The van der Waals surface area contributed by atoms with Crippen LogP contribution in [0.15, 0.2) is 47.5 Å². The van der Waals surface area contributed by atoms with Crippen molar-refractivity contribution in [1.82, 2.24) is 9.88 Å². The average molecular weight is 342 g/mol. The molecule has 130 valence electrons. The highest BCUT2D eigenvalue weighted by Gasteiger charge is 2.18. The number of carbonyl (C=O) groups is 1. The Bertz CT molecular complexity index is 862. The van der Waals surface area contributed by atoms with Gasteiger partial charge in [0.2, 0.25) is 5.91 Å². The molecule has 0 aliphatic carbocycles. The zero-order chi connectivity index (χ0) is 17.8. The number of nitrogens with zero attached hydrogens (tertiary/aromatic N) is 3. The first kappa shape index (κ1) is 16.7. The lowest BCUT2D eigenvalue weighted by Gasteiger charge is -2.19. The van der Waals surface area contributed by atoms with E-state index in [1.807, 2.05) is 12.1 Å². The lowest BCUT2D eigenvalue weighted by molar-refractivity contribution is -0.386. The summed E-state index contributed by atoms with van der Waals surface area (Å²) in [6, 6.07) is 9.29. The largest absolute Gasteiger partial charge is 0.369 e. The summed E-state index contributed by atoms with van der Waals surface area (Å²) in [4.78, 5) is 35.6. The number of carbonyl (C=O) groups excluding carboxylic acids is 1. The van der Waals surface area contributed by atoms with Gasteiger partial charge >= 0.3 is 5.69 Å². The van der Waals surface area contributed by atoms with E-state index in [1.165, 1.54) is 22.0 Å². The third kappa shape index (κ3) is 3.85. The van der Waals surface area contributed by atoms with Gasteiger partial charge in [0.05, 0.1) is 11.1 Å². The molecule has 1 aromatic heterocycles. The van der Waals surface area contributed by atoms with Crippen LogP contribution in [0.2, 0.25) is 0 Å². The van der Waals surface area contributed by atoms with Gasteiger partial charge in [-0.2, -0.15) is 0 Å². The average Bonchev–Trinajstić information content (AvgIpc) is 3.00. The molecule has 1 aliphatic heterocycles. The van der Waals surface area contributed by atoms with Gasteiger partial charge in [0, 0.05) is 37.6 Å². The maximum absolute atomic E-state index is 12.0. The lowest BCUT2D eigenvalue weighted by atomic mass is 10.2. The fraction of sp³-hybridized carbons (Fsp3) is 0.294. The van der Waals surface area contributed by atoms with Crippen LogP contribution in [0.25, 0.3) is 0 Å². The molecule has 0 fully saturated rings. The molecule has 0 spiro atoms. The molecule has 0 saturated heterocycles. The normalized spacial score (nSPS) is 12.7. The number of amides is 1.